The zero-order chi connectivity index (χ0) is 6.41. The Balaban J connectivity index is 0. The van der Waals surface area contributed by atoms with Crippen molar-refractivity contribution in [1.29, 1.82) is 0 Å². The van der Waals surface area contributed by atoms with Crippen LogP contribution in [0.3, 0.4) is 0 Å². The van der Waals surface area contributed by atoms with Crippen molar-refractivity contribution in [3.8, 4) is 0 Å². The van der Waals surface area contributed by atoms with E-state index in [1.54, 1.807) is 0 Å². The SMILES string of the molecule is CCCCCC(=O)O.[Ag]. The number of rotatable bonds is 4. The van der Waals surface area contributed by atoms with E-state index < -0.39 is 5.97 Å². The van der Waals surface area contributed by atoms with Gasteiger partial charge in [-0.2, -0.15) is 0 Å². The Labute approximate surface area is 71.2 Å². The summed E-state index contributed by atoms with van der Waals surface area (Å²) in [5, 5.41) is 8.14. The molecule has 0 fully saturated rings. The first-order chi connectivity index (χ1) is 3.77. The van der Waals surface area contributed by atoms with Crippen LogP contribution in [0.5, 0.6) is 0 Å². The molecule has 0 atom stereocenters. The Bertz CT molecular complexity index is 73.5. The van der Waals surface area contributed by atoms with E-state index >= 15 is 0 Å². The van der Waals surface area contributed by atoms with Gasteiger partial charge >= 0.3 is 5.97 Å². The zero-order valence-electron chi connectivity index (χ0n) is 5.49. The summed E-state index contributed by atoms with van der Waals surface area (Å²) in [6.45, 7) is 2.06. The van der Waals surface area contributed by atoms with Crippen molar-refractivity contribution in [3.05, 3.63) is 0 Å². The maximum atomic E-state index is 9.87. The van der Waals surface area contributed by atoms with Crippen LogP contribution < -0.4 is 0 Å². The van der Waals surface area contributed by atoms with Gasteiger partial charge in [-0.15, -0.1) is 0 Å². The molecule has 0 spiro atoms. The number of hydrogen-bond acceptors (Lipinski definition) is 1. The average Bonchev–Trinajstić information content (AvgIpc) is 1.66. The monoisotopic (exact) mass is 223 g/mol. The normalized spacial score (nSPS) is 8.11. The van der Waals surface area contributed by atoms with Gasteiger partial charge < -0.3 is 5.11 Å². The van der Waals surface area contributed by atoms with Gasteiger partial charge in [0, 0.05) is 28.8 Å². The van der Waals surface area contributed by atoms with Crippen LogP contribution in [0.25, 0.3) is 0 Å². The molecule has 1 N–H and O–H groups in total. The van der Waals surface area contributed by atoms with E-state index in [2.05, 4.69) is 6.92 Å². The molecule has 3 heteroatoms. The second kappa shape index (κ2) is 8.21. The molecule has 1 radical (unpaired) electrons. The molecule has 0 unspecified atom stereocenters. The second-order valence-corrected chi connectivity index (χ2v) is 1.85. The molecule has 0 rings (SSSR count). The van der Waals surface area contributed by atoms with E-state index in [1.807, 2.05) is 0 Å². The van der Waals surface area contributed by atoms with Crippen LogP contribution in [-0.2, 0) is 27.2 Å². The predicted octanol–water partition coefficient (Wildman–Crippen LogP) is 1.65. The number of hydrogen-bond donors (Lipinski definition) is 1. The largest absolute Gasteiger partial charge is 0.481 e. The first kappa shape index (κ1) is 11.9. The van der Waals surface area contributed by atoms with Crippen molar-refractivity contribution in [1.82, 2.24) is 0 Å². The summed E-state index contributed by atoms with van der Waals surface area (Å²) in [7, 11) is 0. The Morgan fingerprint density at radius 1 is 1.44 bits per heavy atom. The van der Waals surface area contributed by atoms with Crippen molar-refractivity contribution in [2.45, 2.75) is 32.6 Å². The van der Waals surface area contributed by atoms with Gasteiger partial charge in [-0.3, -0.25) is 4.79 Å². The molecule has 0 amide bonds. The van der Waals surface area contributed by atoms with Gasteiger partial charge in [-0.05, 0) is 6.42 Å². The molecular weight excluding hydrogens is 212 g/mol. The summed E-state index contributed by atoms with van der Waals surface area (Å²) in [4.78, 5) is 9.87. The van der Waals surface area contributed by atoms with Gasteiger partial charge in [0.2, 0.25) is 0 Å². The Morgan fingerprint density at radius 3 is 2.33 bits per heavy atom. The summed E-state index contributed by atoms with van der Waals surface area (Å²) >= 11 is 0. The topological polar surface area (TPSA) is 37.3 Å². The van der Waals surface area contributed by atoms with E-state index in [-0.39, 0.29) is 22.4 Å². The van der Waals surface area contributed by atoms with E-state index in [0.29, 0.717) is 6.42 Å². The minimum atomic E-state index is -0.682. The van der Waals surface area contributed by atoms with Gasteiger partial charge in [0.05, 0.1) is 0 Å². The van der Waals surface area contributed by atoms with Crippen LogP contribution >= 0.6 is 0 Å². The van der Waals surface area contributed by atoms with Crippen molar-refractivity contribution >= 4 is 5.97 Å². The second-order valence-electron chi connectivity index (χ2n) is 1.85. The molecular formula is C6H12AgO2. The third-order valence-electron chi connectivity index (χ3n) is 0.994. The van der Waals surface area contributed by atoms with Crippen molar-refractivity contribution in [3.63, 3.8) is 0 Å². The standard InChI is InChI=1S/C6H12O2.Ag/c1-2-3-4-5-6(7)8;/h2-5H2,1H3,(H,7,8);. The van der Waals surface area contributed by atoms with E-state index in [9.17, 15) is 4.79 Å². The third kappa shape index (κ3) is 11.7. The molecule has 0 aliphatic heterocycles. The molecule has 9 heavy (non-hydrogen) atoms. The fourth-order valence-electron chi connectivity index (χ4n) is 0.526. The van der Waals surface area contributed by atoms with E-state index in [1.165, 1.54) is 0 Å². The average molecular weight is 224 g/mol. The minimum absolute atomic E-state index is 0. The van der Waals surface area contributed by atoms with Crippen LogP contribution in [0, 0.1) is 0 Å². The number of unbranched alkanes of at least 4 members (excludes halogenated alkanes) is 2. The maximum Gasteiger partial charge on any atom is 0.303 e. The van der Waals surface area contributed by atoms with Crippen molar-refractivity contribution in [2.24, 2.45) is 0 Å². The summed E-state index contributed by atoms with van der Waals surface area (Å²) in [6.07, 6.45) is 3.28. The van der Waals surface area contributed by atoms with Gasteiger partial charge in [-0.1, -0.05) is 19.8 Å². The van der Waals surface area contributed by atoms with Gasteiger partial charge in [0.15, 0.2) is 0 Å². The van der Waals surface area contributed by atoms with Crippen molar-refractivity contribution in [2.75, 3.05) is 0 Å². The molecule has 0 aromatic carbocycles. The smallest absolute Gasteiger partial charge is 0.303 e. The number of carboxylic acids is 1. The molecule has 0 aliphatic rings. The zero-order valence-corrected chi connectivity index (χ0v) is 6.97. The molecule has 2 nitrogen and oxygen atoms in total. The minimum Gasteiger partial charge on any atom is -0.481 e. The summed E-state index contributed by atoms with van der Waals surface area (Å²) in [5.74, 6) is -0.682. The van der Waals surface area contributed by atoms with E-state index in [4.69, 9.17) is 5.11 Å². The Hall–Kier alpha value is 0.210. The predicted molar refractivity (Wildman–Crippen MR) is 31.8 cm³/mol. The summed E-state index contributed by atoms with van der Waals surface area (Å²) < 4.78 is 0. The molecule has 0 saturated carbocycles. The Morgan fingerprint density at radius 2 is 2.00 bits per heavy atom. The number of aliphatic carboxylic acids is 1. The molecule has 59 valence electrons. The molecule has 0 heterocycles. The number of carbonyl (C=O) groups is 1. The molecule has 0 aliphatic carbocycles. The quantitative estimate of drug-likeness (QED) is 0.582. The van der Waals surface area contributed by atoms with Crippen LogP contribution in [0.15, 0.2) is 0 Å². The van der Waals surface area contributed by atoms with Gasteiger partial charge in [-0.25, -0.2) is 0 Å². The maximum absolute atomic E-state index is 9.87. The Kier molecular flexibility index (Phi) is 10.9. The van der Waals surface area contributed by atoms with Crippen LogP contribution in [0.2, 0.25) is 0 Å². The fourth-order valence-corrected chi connectivity index (χ4v) is 0.526. The summed E-state index contributed by atoms with van der Waals surface area (Å²) in [6, 6.07) is 0. The first-order valence-electron chi connectivity index (χ1n) is 2.99. The molecule has 0 bridgehead atoms. The molecule has 0 aromatic rings. The third-order valence-corrected chi connectivity index (χ3v) is 0.994. The molecule has 0 aromatic heterocycles. The molecule has 0 saturated heterocycles. The van der Waals surface area contributed by atoms with Crippen LogP contribution in [-0.4, -0.2) is 11.1 Å². The van der Waals surface area contributed by atoms with Crippen LogP contribution in [0.4, 0.5) is 0 Å². The number of carboxylic acid groups (broad SMARTS) is 1. The van der Waals surface area contributed by atoms with E-state index in [0.717, 1.165) is 19.3 Å². The van der Waals surface area contributed by atoms with Gasteiger partial charge in [0.25, 0.3) is 0 Å². The van der Waals surface area contributed by atoms with Gasteiger partial charge in [0.1, 0.15) is 0 Å². The van der Waals surface area contributed by atoms with Crippen molar-refractivity contribution < 1.29 is 32.3 Å². The van der Waals surface area contributed by atoms with Crippen LogP contribution in [0.1, 0.15) is 32.6 Å². The first-order valence-corrected chi connectivity index (χ1v) is 2.99. The fraction of sp³-hybridized carbons (Fsp3) is 0.833. The summed E-state index contributed by atoms with van der Waals surface area (Å²) in [5.41, 5.74) is 0.